The number of carboxylic acid groups (broad SMARTS) is 2. The second-order valence-corrected chi connectivity index (χ2v) is 5.80. The van der Waals surface area contributed by atoms with Crippen LogP contribution in [0.2, 0.25) is 5.02 Å². The number of nitrogens with zero attached hydrogens (tertiary/aromatic N) is 1. The lowest BCUT2D eigenvalue weighted by atomic mass is 10.2. The van der Waals surface area contributed by atoms with E-state index < -0.39 is 46.6 Å². The first-order valence-electron chi connectivity index (χ1n) is 5.94. The van der Waals surface area contributed by atoms with Gasteiger partial charge in [0.1, 0.15) is 12.1 Å². The zero-order chi connectivity index (χ0) is 16.6. The van der Waals surface area contributed by atoms with Gasteiger partial charge in [-0.25, -0.2) is 14.0 Å². The van der Waals surface area contributed by atoms with Crippen LogP contribution in [0, 0.1) is 11.6 Å². The quantitative estimate of drug-likeness (QED) is 0.602. The molecule has 120 valence electrons. The zero-order valence-electron chi connectivity index (χ0n) is 10.7. The first kappa shape index (κ1) is 16.8. The molecular formula is C12H9BrClF2NO5. The number of benzene rings is 1. The van der Waals surface area contributed by atoms with Crippen LogP contribution >= 0.6 is 27.5 Å². The number of halogens is 4. The van der Waals surface area contributed by atoms with Crippen LogP contribution < -0.4 is 4.74 Å². The molecule has 0 spiro atoms. The molecule has 0 radical (unpaired) electrons. The van der Waals surface area contributed by atoms with Crippen molar-refractivity contribution in [2.45, 2.75) is 18.6 Å². The monoisotopic (exact) mass is 399 g/mol. The zero-order valence-corrected chi connectivity index (χ0v) is 13.1. The highest BCUT2D eigenvalue weighted by Crippen LogP contribution is 2.35. The predicted octanol–water partition coefficient (Wildman–Crippen LogP) is 2.97. The van der Waals surface area contributed by atoms with E-state index in [4.69, 9.17) is 26.6 Å². The van der Waals surface area contributed by atoms with Crippen LogP contribution in [-0.2, 0) is 4.79 Å². The summed E-state index contributed by atoms with van der Waals surface area (Å²) >= 11 is 8.45. The van der Waals surface area contributed by atoms with Gasteiger partial charge < -0.3 is 14.9 Å². The van der Waals surface area contributed by atoms with Crippen LogP contribution in [0.1, 0.15) is 6.42 Å². The third-order valence-corrected chi connectivity index (χ3v) is 4.38. The van der Waals surface area contributed by atoms with Crippen molar-refractivity contribution in [3.63, 3.8) is 0 Å². The molecule has 2 atom stereocenters. The lowest BCUT2D eigenvalue weighted by molar-refractivity contribution is -0.141. The van der Waals surface area contributed by atoms with Gasteiger partial charge in [0.05, 0.1) is 11.6 Å². The standard InChI is InChI=1S/C12H9BrClF2NO5/c13-5-2-7(9(15)10(16)8(5)14)22-4-1-6(11(18)19)17(3-4)12(20)21/h2,4,6H,1,3H2,(H,18,19)(H,20,21)/t4-,6-/m0/s1. The number of likely N-dealkylation sites (tertiary alicyclic amines) is 1. The number of aliphatic carboxylic acids is 1. The third kappa shape index (κ3) is 3.09. The number of amides is 1. The average molecular weight is 401 g/mol. The van der Waals surface area contributed by atoms with E-state index in [1.54, 1.807) is 0 Å². The first-order valence-corrected chi connectivity index (χ1v) is 7.11. The molecule has 1 saturated heterocycles. The molecule has 0 bridgehead atoms. The SMILES string of the molecule is O=C(O)[C@@H]1C[C@H](Oc2cc(Br)c(Cl)c(F)c2F)CN1C(=O)O. The molecule has 1 aliphatic rings. The van der Waals surface area contributed by atoms with Crippen molar-refractivity contribution in [2.75, 3.05) is 6.54 Å². The van der Waals surface area contributed by atoms with Crippen LogP contribution in [0.5, 0.6) is 5.75 Å². The molecule has 10 heteroatoms. The van der Waals surface area contributed by atoms with E-state index >= 15 is 0 Å². The summed E-state index contributed by atoms with van der Waals surface area (Å²) < 4.78 is 32.5. The number of ether oxygens (including phenoxy) is 1. The summed E-state index contributed by atoms with van der Waals surface area (Å²) in [7, 11) is 0. The largest absolute Gasteiger partial charge is 0.485 e. The van der Waals surface area contributed by atoms with Crippen LogP contribution in [0.4, 0.5) is 13.6 Å². The first-order chi connectivity index (χ1) is 10.2. The Morgan fingerprint density at radius 3 is 2.50 bits per heavy atom. The van der Waals surface area contributed by atoms with Gasteiger partial charge in [-0.1, -0.05) is 11.6 Å². The second-order valence-electron chi connectivity index (χ2n) is 4.56. The van der Waals surface area contributed by atoms with Gasteiger partial charge in [-0.2, -0.15) is 4.39 Å². The molecule has 0 saturated carbocycles. The Kier molecular flexibility index (Phi) is 4.76. The molecule has 2 N–H and O–H groups in total. The lowest BCUT2D eigenvalue weighted by Crippen LogP contribution is -2.39. The van der Waals surface area contributed by atoms with Crippen molar-refractivity contribution < 1.29 is 33.3 Å². The van der Waals surface area contributed by atoms with E-state index in [0.717, 1.165) is 6.07 Å². The second kappa shape index (κ2) is 6.25. The Morgan fingerprint density at radius 2 is 2.00 bits per heavy atom. The fourth-order valence-corrected chi connectivity index (χ4v) is 2.66. The van der Waals surface area contributed by atoms with Gasteiger partial charge >= 0.3 is 12.1 Å². The van der Waals surface area contributed by atoms with Gasteiger partial charge in [0.15, 0.2) is 11.6 Å². The normalized spacial score (nSPS) is 21.0. The number of carboxylic acids is 1. The molecule has 1 aromatic carbocycles. The van der Waals surface area contributed by atoms with Gasteiger partial charge in [-0.05, 0) is 22.0 Å². The third-order valence-electron chi connectivity index (χ3n) is 3.16. The molecule has 2 rings (SSSR count). The highest BCUT2D eigenvalue weighted by atomic mass is 79.9. The highest BCUT2D eigenvalue weighted by Gasteiger charge is 2.41. The molecule has 22 heavy (non-hydrogen) atoms. The van der Waals surface area contributed by atoms with E-state index in [0.29, 0.717) is 4.90 Å². The molecule has 1 fully saturated rings. The Hall–Kier alpha value is -1.61. The summed E-state index contributed by atoms with van der Waals surface area (Å²) in [5.41, 5.74) is 0. The van der Waals surface area contributed by atoms with E-state index in [9.17, 15) is 18.4 Å². The minimum atomic E-state index is -1.43. The van der Waals surface area contributed by atoms with Gasteiger partial charge in [-0.3, -0.25) is 4.90 Å². The van der Waals surface area contributed by atoms with E-state index in [1.165, 1.54) is 0 Å². The summed E-state index contributed by atoms with van der Waals surface area (Å²) in [6.07, 6.45) is -2.52. The fraction of sp³-hybridized carbons (Fsp3) is 0.333. The molecule has 0 unspecified atom stereocenters. The van der Waals surface area contributed by atoms with Crippen molar-refractivity contribution in [1.29, 1.82) is 0 Å². The Bertz CT molecular complexity index is 622. The maximum absolute atomic E-state index is 13.8. The average Bonchev–Trinajstić information content (AvgIpc) is 2.87. The van der Waals surface area contributed by atoms with E-state index in [-0.39, 0.29) is 17.4 Å². The lowest BCUT2D eigenvalue weighted by Gasteiger charge is -2.17. The van der Waals surface area contributed by atoms with E-state index in [2.05, 4.69) is 15.9 Å². The summed E-state index contributed by atoms with van der Waals surface area (Å²) in [6, 6.07) is -0.203. The molecule has 0 aromatic heterocycles. The molecule has 1 amide bonds. The number of carbonyl (C=O) groups is 2. The maximum Gasteiger partial charge on any atom is 0.408 e. The summed E-state index contributed by atoms with van der Waals surface area (Å²) in [6.45, 7) is -0.270. The molecule has 6 nitrogen and oxygen atoms in total. The summed E-state index contributed by atoms with van der Waals surface area (Å²) in [4.78, 5) is 22.7. The van der Waals surface area contributed by atoms with Crippen molar-refractivity contribution in [3.8, 4) is 5.75 Å². The maximum atomic E-state index is 13.8. The highest BCUT2D eigenvalue weighted by molar-refractivity contribution is 9.10. The Labute approximate surface area is 136 Å². The Morgan fingerprint density at radius 1 is 1.36 bits per heavy atom. The van der Waals surface area contributed by atoms with Gasteiger partial charge in [-0.15, -0.1) is 0 Å². The van der Waals surface area contributed by atoms with Crippen molar-refractivity contribution >= 4 is 39.6 Å². The van der Waals surface area contributed by atoms with Gasteiger partial charge in [0.25, 0.3) is 0 Å². The smallest absolute Gasteiger partial charge is 0.408 e. The number of hydrogen-bond donors (Lipinski definition) is 2. The molecule has 1 aliphatic heterocycles. The van der Waals surface area contributed by atoms with Crippen molar-refractivity contribution in [1.82, 2.24) is 4.90 Å². The number of hydrogen-bond acceptors (Lipinski definition) is 3. The van der Waals surface area contributed by atoms with Crippen LogP contribution in [0.15, 0.2) is 10.5 Å². The van der Waals surface area contributed by atoms with Crippen molar-refractivity contribution in [2.24, 2.45) is 0 Å². The molecule has 1 heterocycles. The molecule has 0 aliphatic carbocycles. The fourth-order valence-electron chi connectivity index (χ4n) is 2.14. The Balaban J connectivity index is 2.22. The summed E-state index contributed by atoms with van der Waals surface area (Å²) in [5.74, 6) is -4.45. The van der Waals surface area contributed by atoms with E-state index in [1.807, 2.05) is 0 Å². The number of rotatable bonds is 3. The minimum absolute atomic E-state index is 0.0611. The van der Waals surface area contributed by atoms with Crippen LogP contribution in [0.3, 0.4) is 0 Å². The predicted molar refractivity (Wildman–Crippen MR) is 74.3 cm³/mol. The molecular weight excluding hydrogens is 391 g/mol. The molecule has 1 aromatic rings. The van der Waals surface area contributed by atoms with Gasteiger partial charge in [0.2, 0.25) is 5.82 Å². The minimum Gasteiger partial charge on any atom is -0.485 e. The van der Waals surface area contributed by atoms with Crippen LogP contribution in [0.25, 0.3) is 0 Å². The summed E-state index contributed by atoms with van der Waals surface area (Å²) in [5, 5.41) is 17.5. The topological polar surface area (TPSA) is 87.1 Å². The van der Waals surface area contributed by atoms with Gasteiger partial charge in [0, 0.05) is 10.9 Å². The van der Waals surface area contributed by atoms with Crippen molar-refractivity contribution in [3.05, 3.63) is 27.2 Å². The van der Waals surface area contributed by atoms with Crippen LogP contribution in [-0.4, -0.2) is 45.9 Å².